The molecule has 2 rings (SSSR count). The van der Waals surface area contributed by atoms with Crippen LogP contribution in [0.2, 0.25) is 0 Å². The van der Waals surface area contributed by atoms with E-state index >= 15 is 0 Å². The summed E-state index contributed by atoms with van der Waals surface area (Å²) >= 11 is 0. The molecule has 2 unspecified atom stereocenters. The van der Waals surface area contributed by atoms with Gasteiger partial charge < -0.3 is 15.3 Å². The van der Waals surface area contributed by atoms with Gasteiger partial charge in [-0.15, -0.1) is 0 Å². The van der Waals surface area contributed by atoms with Crippen LogP contribution in [0.4, 0.5) is 0 Å². The van der Waals surface area contributed by atoms with Gasteiger partial charge in [0.05, 0.1) is 11.0 Å². The summed E-state index contributed by atoms with van der Waals surface area (Å²) in [6.07, 6.45) is 1.07. The second-order valence-electron chi connectivity index (χ2n) is 6.73. The molecule has 0 aliphatic heterocycles. The van der Waals surface area contributed by atoms with E-state index < -0.39 is 0 Å². The maximum atomic E-state index is 11.3. The van der Waals surface area contributed by atoms with E-state index in [-0.39, 0.29) is 5.69 Å². The molecule has 1 heterocycles. The Hall–Kier alpha value is -1.55. The minimum absolute atomic E-state index is 0.152. The highest BCUT2D eigenvalue weighted by molar-refractivity contribution is 5.75. The highest BCUT2D eigenvalue weighted by Crippen LogP contribution is 2.33. The molecule has 0 amide bonds. The minimum Gasteiger partial charge on any atom is -0.313 e. The molecule has 0 bridgehead atoms. The van der Waals surface area contributed by atoms with Crippen molar-refractivity contribution in [2.24, 2.45) is 11.3 Å². The van der Waals surface area contributed by atoms with Crippen molar-refractivity contribution >= 4 is 11.0 Å². The summed E-state index contributed by atoms with van der Waals surface area (Å²) in [6.45, 7) is 9.12. The first kappa shape index (κ1) is 14.9. The molecule has 2 aromatic rings. The summed E-state index contributed by atoms with van der Waals surface area (Å²) in [5.41, 5.74) is 3.09. The zero-order valence-corrected chi connectivity index (χ0v) is 13.0. The van der Waals surface area contributed by atoms with Gasteiger partial charge in [-0.3, -0.25) is 0 Å². The Bertz CT molecular complexity index is 633. The standard InChI is InChI=1S/C16H25N3O/c1-10(16(2,3)4)8-13(17-5)11-6-7-12-14(9-11)19-15(20)18-12/h6-7,9-10,13,17H,8H2,1-5H3,(H2,18,19,20). The molecule has 0 saturated heterocycles. The van der Waals surface area contributed by atoms with Crippen molar-refractivity contribution in [1.29, 1.82) is 0 Å². The van der Waals surface area contributed by atoms with Crippen molar-refractivity contribution < 1.29 is 0 Å². The summed E-state index contributed by atoms with van der Waals surface area (Å²) in [7, 11) is 1.99. The SMILES string of the molecule is CNC(CC(C)C(C)(C)C)c1ccc2[nH]c(=O)[nH]c2c1. The van der Waals surface area contributed by atoms with E-state index in [0.717, 1.165) is 17.5 Å². The number of benzene rings is 1. The van der Waals surface area contributed by atoms with Crippen LogP contribution in [0.1, 0.15) is 45.7 Å². The fourth-order valence-corrected chi connectivity index (χ4v) is 2.39. The molecule has 0 fully saturated rings. The average molecular weight is 275 g/mol. The number of rotatable bonds is 4. The largest absolute Gasteiger partial charge is 0.323 e. The predicted octanol–water partition coefficient (Wildman–Crippen LogP) is 3.19. The van der Waals surface area contributed by atoms with Crippen LogP contribution in [0, 0.1) is 11.3 Å². The highest BCUT2D eigenvalue weighted by Gasteiger charge is 2.23. The van der Waals surface area contributed by atoms with Crippen LogP contribution in [-0.4, -0.2) is 17.0 Å². The molecule has 0 radical (unpaired) electrons. The summed E-state index contributed by atoms with van der Waals surface area (Å²) in [6, 6.07) is 6.41. The molecule has 110 valence electrons. The number of aromatic nitrogens is 2. The van der Waals surface area contributed by atoms with Gasteiger partial charge in [0, 0.05) is 6.04 Å². The molecular formula is C16H25N3O. The van der Waals surface area contributed by atoms with E-state index in [9.17, 15) is 4.79 Å². The fourth-order valence-electron chi connectivity index (χ4n) is 2.39. The van der Waals surface area contributed by atoms with Crippen molar-refractivity contribution in [3.8, 4) is 0 Å². The number of nitrogens with one attached hydrogen (secondary N) is 3. The van der Waals surface area contributed by atoms with Crippen LogP contribution in [-0.2, 0) is 0 Å². The lowest BCUT2D eigenvalue weighted by Gasteiger charge is -2.31. The van der Waals surface area contributed by atoms with E-state index in [1.807, 2.05) is 13.1 Å². The Morgan fingerprint density at radius 3 is 2.45 bits per heavy atom. The molecule has 2 atom stereocenters. The number of hydrogen-bond acceptors (Lipinski definition) is 2. The number of hydrogen-bond donors (Lipinski definition) is 3. The van der Waals surface area contributed by atoms with E-state index in [2.05, 4.69) is 55.1 Å². The molecule has 0 spiro atoms. The third-order valence-electron chi connectivity index (χ3n) is 4.36. The van der Waals surface area contributed by atoms with Crippen molar-refractivity contribution in [1.82, 2.24) is 15.3 Å². The van der Waals surface area contributed by atoms with Gasteiger partial charge in [-0.1, -0.05) is 33.8 Å². The van der Waals surface area contributed by atoms with Crippen LogP contribution in [0.3, 0.4) is 0 Å². The van der Waals surface area contributed by atoms with E-state index in [1.54, 1.807) is 0 Å². The summed E-state index contributed by atoms with van der Waals surface area (Å²) in [5.74, 6) is 0.598. The maximum absolute atomic E-state index is 11.3. The lowest BCUT2D eigenvalue weighted by molar-refractivity contribution is 0.226. The van der Waals surface area contributed by atoms with Gasteiger partial charge in [0.1, 0.15) is 0 Å². The smallest absolute Gasteiger partial charge is 0.313 e. The van der Waals surface area contributed by atoms with E-state index in [1.165, 1.54) is 5.56 Å². The lowest BCUT2D eigenvalue weighted by atomic mass is 9.77. The molecule has 4 nitrogen and oxygen atoms in total. The quantitative estimate of drug-likeness (QED) is 0.802. The monoisotopic (exact) mass is 275 g/mol. The van der Waals surface area contributed by atoms with Crippen LogP contribution < -0.4 is 11.0 Å². The normalized spacial score (nSPS) is 15.4. The third-order valence-corrected chi connectivity index (χ3v) is 4.36. The van der Waals surface area contributed by atoms with Gasteiger partial charge in [-0.05, 0) is 42.5 Å². The predicted molar refractivity (Wildman–Crippen MR) is 84.0 cm³/mol. The molecule has 0 saturated carbocycles. The van der Waals surface area contributed by atoms with Crippen molar-refractivity contribution in [2.75, 3.05) is 7.05 Å². The molecule has 4 heteroatoms. The molecule has 0 aliphatic rings. The Morgan fingerprint density at radius 1 is 1.20 bits per heavy atom. The first-order valence-electron chi connectivity index (χ1n) is 7.20. The number of aromatic amines is 2. The molecule has 20 heavy (non-hydrogen) atoms. The number of fused-ring (bicyclic) bond motifs is 1. The fraction of sp³-hybridized carbons (Fsp3) is 0.562. The Balaban J connectivity index is 2.27. The zero-order chi connectivity index (χ0) is 14.9. The van der Waals surface area contributed by atoms with Crippen LogP contribution in [0.5, 0.6) is 0 Å². The van der Waals surface area contributed by atoms with Crippen LogP contribution in [0.15, 0.2) is 23.0 Å². The summed E-state index contributed by atoms with van der Waals surface area (Å²) in [5, 5.41) is 3.39. The molecule has 3 N–H and O–H groups in total. The van der Waals surface area contributed by atoms with E-state index in [0.29, 0.717) is 17.4 Å². The molecule has 1 aromatic heterocycles. The first-order chi connectivity index (χ1) is 9.31. The lowest BCUT2D eigenvalue weighted by Crippen LogP contribution is -2.25. The summed E-state index contributed by atoms with van der Waals surface area (Å²) in [4.78, 5) is 16.9. The van der Waals surface area contributed by atoms with Crippen molar-refractivity contribution in [3.05, 3.63) is 34.2 Å². The van der Waals surface area contributed by atoms with Gasteiger partial charge in [0.15, 0.2) is 0 Å². The van der Waals surface area contributed by atoms with Gasteiger partial charge in [0.25, 0.3) is 0 Å². The molecular weight excluding hydrogens is 250 g/mol. The van der Waals surface area contributed by atoms with Crippen molar-refractivity contribution in [3.63, 3.8) is 0 Å². The van der Waals surface area contributed by atoms with Crippen molar-refractivity contribution in [2.45, 2.75) is 40.2 Å². The van der Waals surface area contributed by atoms with Gasteiger partial charge in [-0.2, -0.15) is 0 Å². The summed E-state index contributed by atoms with van der Waals surface area (Å²) < 4.78 is 0. The van der Waals surface area contributed by atoms with Gasteiger partial charge in [0.2, 0.25) is 0 Å². The van der Waals surface area contributed by atoms with Crippen LogP contribution in [0.25, 0.3) is 11.0 Å². The Morgan fingerprint density at radius 2 is 1.85 bits per heavy atom. The average Bonchev–Trinajstić information content (AvgIpc) is 2.73. The number of H-pyrrole nitrogens is 2. The second kappa shape index (κ2) is 5.44. The molecule has 1 aromatic carbocycles. The first-order valence-corrected chi connectivity index (χ1v) is 7.20. The maximum Gasteiger partial charge on any atom is 0.323 e. The zero-order valence-electron chi connectivity index (χ0n) is 13.0. The second-order valence-corrected chi connectivity index (χ2v) is 6.73. The van der Waals surface area contributed by atoms with Gasteiger partial charge in [-0.25, -0.2) is 4.79 Å². The number of imidazole rings is 1. The van der Waals surface area contributed by atoms with Crippen LogP contribution >= 0.6 is 0 Å². The topological polar surface area (TPSA) is 60.7 Å². The Labute approximate surface area is 120 Å². The molecule has 0 aliphatic carbocycles. The van der Waals surface area contributed by atoms with E-state index in [4.69, 9.17) is 0 Å². The third kappa shape index (κ3) is 3.12. The highest BCUT2D eigenvalue weighted by atomic mass is 16.1. The minimum atomic E-state index is -0.152. The van der Waals surface area contributed by atoms with Gasteiger partial charge >= 0.3 is 5.69 Å². The Kier molecular flexibility index (Phi) is 4.04.